The standard InChI is InChI=1S/C10H9Cl3O2/c11-10(12,13)9(14)15-7-6-8-4-2-1-3-5-8/h1-5H,6-7H2. The molecule has 82 valence electrons. The summed E-state index contributed by atoms with van der Waals surface area (Å²) in [6, 6.07) is 9.60. The van der Waals surface area contributed by atoms with Crippen LogP contribution in [-0.4, -0.2) is 16.4 Å². The van der Waals surface area contributed by atoms with Gasteiger partial charge in [0.05, 0.1) is 6.61 Å². The highest BCUT2D eigenvalue weighted by Crippen LogP contribution is 2.27. The predicted molar refractivity (Wildman–Crippen MR) is 61.4 cm³/mol. The number of carbonyl (C=O) groups is 1. The number of rotatable bonds is 3. The molecule has 0 radical (unpaired) electrons. The summed E-state index contributed by atoms with van der Waals surface area (Å²) in [5.41, 5.74) is 1.06. The molecule has 0 N–H and O–H groups in total. The first-order valence-electron chi connectivity index (χ1n) is 4.28. The second-order valence-corrected chi connectivity index (χ2v) is 5.15. The molecule has 0 aromatic heterocycles. The predicted octanol–water partition coefficient (Wildman–Crippen LogP) is 3.14. The zero-order valence-electron chi connectivity index (χ0n) is 7.75. The molecule has 5 heteroatoms. The van der Waals surface area contributed by atoms with E-state index in [1.54, 1.807) is 0 Å². The molecular weight excluding hydrogens is 258 g/mol. The van der Waals surface area contributed by atoms with Crippen molar-refractivity contribution >= 4 is 40.8 Å². The summed E-state index contributed by atoms with van der Waals surface area (Å²) >= 11 is 16.0. The smallest absolute Gasteiger partial charge is 0.358 e. The summed E-state index contributed by atoms with van der Waals surface area (Å²) in [5, 5.41) is 0. The second-order valence-electron chi connectivity index (χ2n) is 2.87. The van der Waals surface area contributed by atoms with Gasteiger partial charge in [0.1, 0.15) is 0 Å². The van der Waals surface area contributed by atoms with Gasteiger partial charge in [-0.2, -0.15) is 0 Å². The minimum atomic E-state index is -1.99. The molecule has 0 aliphatic carbocycles. The average Bonchev–Trinajstić information content (AvgIpc) is 2.18. The van der Waals surface area contributed by atoms with Crippen molar-refractivity contribution in [2.24, 2.45) is 0 Å². The molecule has 1 rings (SSSR count). The van der Waals surface area contributed by atoms with Crippen LogP contribution in [0.1, 0.15) is 5.56 Å². The van der Waals surface area contributed by atoms with Gasteiger partial charge in [0.2, 0.25) is 0 Å². The van der Waals surface area contributed by atoms with Crippen LogP contribution in [0.5, 0.6) is 0 Å². The Morgan fingerprint density at radius 2 is 1.80 bits per heavy atom. The first-order valence-corrected chi connectivity index (χ1v) is 5.41. The van der Waals surface area contributed by atoms with E-state index in [0.717, 1.165) is 5.56 Å². The molecule has 2 nitrogen and oxygen atoms in total. The maximum absolute atomic E-state index is 11.0. The largest absolute Gasteiger partial charge is 0.462 e. The number of hydrogen-bond donors (Lipinski definition) is 0. The molecule has 0 spiro atoms. The number of esters is 1. The van der Waals surface area contributed by atoms with E-state index < -0.39 is 9.76 Å². The summed E-state index contributed by atoms with van der Waals surface area (Å²) in [7, 11) is 0. The van der Waals surface area contributed by atoms with Gasteiger partial charge >= 0.3 is 5.97 Å². The fraction of sp³-hybridized carbons (Fsp3) is 0.300. The number of hydrogen-bond acceptors (Lipinski definition) is 2. The minimum Gasteiger partial charge on any atom is -0.462 e. The van der Waals surface area contributed by atoms with E-state index in [9.17, 15) is 4.79 Å². The lowest BCUT2D eigenvalue weighted by molar-refractivity contribution is -0.142. The Hall–Kier alpha value is -0.440. The van der Waals surface area contributed by atoms with Crippen molar-refractivity contribution in [3.8, 4) is 0 Å². The Morgan fingerprint density at radius 3 is 2.33 bits per heavy atom. The maximum Gasteiger partial charge on any atom is 0.358 e. The van der Waals surface area contributed by atoms with Gasteiger partial charge in [-0.1, -0.05) is 65.1 Å². The monoisotopic (exact) mass is 266 g/mol. The minimum absolute atomic E-state index is 0.205. The van der Waals surface area contributed by atoms with E-state index in [2.05, 4.69) is 0 Å². The summed E-state index contributed by atoms with van der Waals surface area (Å²) in [6.07, 6.45) is 0.604. The third kappa shape index (κ3) is 4.74. The van der Waals surface area contributed by atoms with Gasteiger partial charge in [-0.15, -0.1) is 0 Å². The molecule has 0 heterocycles. The molecule has 1 aromatic rings. The molecule has 0 bridgehead atoms. The van der Waals surface area contributed by atoms with Crippen LogP contribution >= 0.6 is 34.8 Å². The highest BCUT2D eigenvalue weighted by Gasteiger charge is 2.32. The molecule has 0 aliphatic rings. The number of alkyl halides is 3. The Bertz CT molecular complexity index is 319. The van der Waals surface area contributed by atoms with Gasteiger partial charge in [-0.05, 0) is 5.56 Å². The molecule has 0 unspecified atom stereocenters. The van der Waals surface area contributed by atoms with Crippen LogP contribution < -0.4 is 0 Å². The normalized spacial score (nSPS) is 11.1. The van der Waals surface area contributed by atoms with Crippen LogP contribution in [0, 0.1) is 0 Å². The molecule has 0 fully saturated rings. The van der Waals surface area contributed by atoms with Crippen LogP contribution in [0.2, 0.25) is 0 Å². The molecule has 0 saturated carbocycles. The Labute approximate surface area is 103 Å². The molecular formula is C10H9Cl3O2. The van der Waals surface area contributed by atoms with Crippen LogP contribution in [0.25, 0.3) is 0 Å². The fourth-order valence-corrected chi connectivity index (χ4v) is 1.15. The number of ether oxygens (including phenoxy) is 1. The van der Waals surface area contributed by atoms with Crippen molar-refractivity contribution in [2.45, 2.75) is 10.2 Å². The Morgan fingerprint density at radius 1 is 1.20 bits per heavy atom. The summed E-state index contributed by atoms with van der Waals surface area (Å²) < 4.78 is 2.79. The third-order valence-corrected chi connectivity index (χ3v) is 2.16. The summed E-state index contributed by atoms with van der Waals surface area (Å²) in [5.74, 6) is -0.844. The Kier molecular flexibility index (Phi) is 4.71. The quantitative estimate of drug-likeness (QED) is 0.621. The molecule has 15 heavy (non-hydrogen) atoms. The van der Waals surface area contributed by atoms with E-state index in [1.807, 2.05) is 30.3 Å². The van der Waals surface area contributed by atoms with E-state index >= 15 is 0 Å². The first-order chi connectivity index (χ1) is 7.00. The number of carbonyl (C=O) groups excluding carboxylic acids is 1. The topological polar surface area (TPSA) is 26.3 Å². The second kappa shape index (κ2) is 5.59. The van der Waals surface area contributed by atoms with E-state index in [-0.39, 0.29) is 6.61 Å². The van der Waals surface area contributed by atoms with Crippen molar-refractivity contribution in [2.75, 3.05) is 6.61 Å². The van der Waals surface area contributed by atoms with Crippen molar-refractivity contribution in [3.05, 3.63) is 35.9 Å². The van der Waals surface area contributed by atoms with Gasteiger partial charge in [0.25, 0.3) is 3.79 Å². The molecule has 1 aromatic carbocycles. The van der Waals surface area contributed by atoms with E-state index in [0.29, 0.717) is 6.42 Å². The molecule has 0 saturated heterocycles. The van der Waals surface area contributed by atoms with Crippen LogP contribution in [-0.2, 0) is 16.0 Å². The Balaban J connectivity index is 2.32. The molecule has 0 aliphatic heterocycles. The van der Waals surface area contributed by atoms with Gasteiger partial charge in [-0.3, -0.25) is 0 Å². The van der Waals surface area contributed by atoms with E-state index in [4.69, 9.17) is 39.5 Å². The van der Waals surface area contributed by atoms with Crippen molar-refractivity contribution in [1.29, 1.82) is 0 Å². The van der Waals surface area contributed by atoms with Crippen molar-refractivity contribution in [1.82, 2.24) is 0 Å². The zero-order chi connectivity index (χ0) is 11.3. The highest BCUT2D eigenvalue weighted by atomic mass is 35.6. The lowest BCUT2D eigenvalue weighted by atomic mass is 10.2. The number of halogens is 3. The fourth-order valence-electron chi connectivity index (χ4n) is 0.988. The van der Waals surface area contributed by atoms with Gasteiger partial charge < -0.3 is 4.74 Å². The van der Waals surface area contributed by atoms with Crippen LogP contribution in [0.4, 0.5) is 0 Å². The van der Waals surface area contributed by atoms with Crippen LogP contribution in [0.3, 0.4) is 0 Å². The first kappa shape index (κ1) is 12.6. The van der Waals surface area contributed by atoms with Gasteiger partial charge in [0, 0.05) is 6.42 Å². The van der Waals surface area contributed by atoms with Crippen LogP contribution in [0.15, 0.2) is 30.3 Å². The van der Waals surface area contributed by atoms with E-state index in [1.165, 1.54) is 0 Å². The molecule has 0 amide bonds. The average molecular weight is 268 g/mol. The number of benzene rings is 1. The van der Waals surface area contributed by atoms with Gasteiger partial charge in [0.15, 0.2) is 0 Å². The highest BCUT2D eigenvalue weighted by molar-refractivity contribution is 6.75. The van der Waals surface area contributed by atoms with Gasteiger partial charge in [-0.25, -0.2) is 4.79 Å². The molecule has 0 atom stereocenters. The zero-order valence-corrected chi connectivity index (χ0v) is 10.0. The SMILES string of the molecule is O=C(OCCc1ccccc1)C(Cl)(Cl)Cl. The third-order valence-electron chi connectivity index (χ3n) is 1.70. The lowest BCUT2D eigenvalue weighted by Crippen LogP contribution is -2.22. The van der Waals surface area contributed by atoms with Crippen molar-refractivity contribution < 1.29 is 9.53 Å². The lowest BCUT2D eigenvalue weighted by Gasteiger charge is -2.10. The summed E-state index contributed by atoms with van der Waals surface area (Å²) in [4.78, 5) is 11.0. The maximum atomic E-state index is 11.0. The van der Waals surface area contributed by atoms with Crippen molar-refractivity contribution in [3.63, 3.8) is 0 Å². The summed E-state index contributed by atoms with van der Waals surface area (Å²) in [6.45, 7) is 0.205.